The van der Waals surface area contributed by atoms with E-state index in [2.05, 4.69) is 0 Å². The van der Waals surface area contributed by atoms with E-state index in [4.69, 9.17) is 18.9 Å². The molecule has 0 amide bonds. The molecule has 0 aliphatic heterocycles. The lowest BCUT2D eigenvalue weighted by Gasteiger charge is -2.06. The maximum Gasteiger partial charge on any atom is 0.193 e. The number of aliphatic hydroxyl groups excluding tert-OH is 1. The first kappa shape index (κ1) is 33.1. The Balaban J connectivity index is 0.000000240. The second kappa shape index (κ2) is 16.9. The van der Waals surface area contributed by atoms with Crippen molar-refractivity contribution < 1.29 is 48.7 Å². The van der Waals surface area contributed by atoms with E-state index in [-0.39, 0.29) is 54.2 Å². The molecule has 0 radical (unpaired) electrons. The molecule has 4 aromatic carbocycles. The van der Waals surface area contributed by atoms with Crippen LogP contribution in [0, 0.1) is 0 Å². The first-order valence-electron chi connectivity index (χ1n) is 13.2. The predicted octanol–water partition coefficient (Wildman–Crippen LogP) is 5.99. The highest BCUT2D eigenvalue weighted by Crippen LogP contribution is 2.22. The Hall–Kier alpha value is -5.45. The van der Waals surface area contributed by atoms with Gasteiger partial charge in [0.2, 0.25) is 0 Å². The summed E-state index contributed by atoms with van der Waals surface area (Å²) < 4.78 is 20.0. The molecular formula is C34H32O10. The van der Waals surface area contributed by atoms with Crippen molar-refractivity contribution in [1.29, 1.82) is 0 Å². The molecule has 0 aromatic heterocycles. The highest BCUT2D eigenvalue weighted by atomic mass is 16.7. The van der Waals surface area contributed by atoms with Crippen LogP contribution in [-0.2, 0) is 9.47 Å². The fourth-order valence-corrected chi connectivity index (χ4v) is 3.73. The molecule has 0 saturated carbocycles. The molecule has 4 aromatic rings. The lowest BCUT2D eigenvalue weighted by molar-refractivity contribution is 0.0509. The van der Waals surface area contributed by atoms with Gasteiger partial charge in [0.05, 0.1) is 17.5 Å². The summed E-state index contributed by atoms with van der Waals surface area (Å²) in [6, 6.07) is 25.3. The van der Waals surface area contributed by atoms with Gasteiger partial charge in [-0.3, -0.25) is 14.4 Å². The van der Waals surface area contributed by atoms with E-state index in [1.54, 1.807) is 72.8 Å². The van der Waals surface area contributed by atoms with Crippen molar-refractivity contribution in [1.82, 2.24) is 0 Å². The highest BCUT2D eigenvalue weighted by molar-refractivity contribution is 6.14. The summed E-state index contributed by atoms with van der Waals surface area (Å²) in [5.74, 6) is -0.476. The number of rotatable bonds is 13. The number of allylic oxidation sites excluding steroid dienone is 1. The largest absolute Gasteiger partial charge is 0.507 e. The Morgan fingerprint density at radius 3 is 1.55 bits per heavy atom. The molecule has 44 heavy (non-hydrogen) atoms. The highest BCUT2D eigenvalue weighted by Gasteiger charge is 2.16. The number of ether oxygens (including phenoxy) is 4. The molecule has 0 fully saturated rings. The van der Waals surface area contributed by atoms with E-state index in [9.17, 15) is 29.7 Å². The first-order chi connectivity index (χ1) is 21.2. The maximum absolute atomic E-state index is 12.1. The maximum atomic E-state index is 12.1. The third kappa shape index (κ3) is 9.83. The number of phenols is 2. The average Bonchev–Trinajstić information content (AvgIpc) is 3.03. The first-order valence-corrected chi connectivity index (χ1v) is 13.2. The molecule has 0 spiro atoms. The number of methoxy groups -OCH3 is 2. The number of hydrogen-bond donors (Lipinski definition) is 3. The van der Waals surface area contributed by atoms with Gasteiger partial charge in [0, 0.05) is 31.4 Å². The third-order valence-electron chi connectivity index (χ3n) is 5.98. The van der Waals surface area contributed by atoms with Gasteiger partial charge in [-0.05, 0) is 72.8 Å². The lowest BCUT2D eigenvalue weighted by atomic mass is 10.0. The second-order valence-corrected chi connectivity index (χ2v) is 9.10. The van der Waals surface area contributed by atoms with E-state index in [1.807, 2.05) is 0 Å². The molecule has 0 heterocycles. The number of hydrogen-bond acceptors (Lipinski definition) is 10. The summed E-state index contributed by atoms with van der Waals surface area (Å²) in [7, 11) is 3.04. The minimum atomic E-state index is -0.477. The van der Waals surface area contributed by atoms with Crippen LogP contribution in [0.4, 0.5) is 0 Å². The molecule has 0 aliphatic rings. The molecule has 10 nitrogen and oxygen atoms in total. The standard InChI is InChI=1S/2C17H16O5/c2*1-21-11-22-13-8-6-12(7-9-13)16(19)10-17(20)14-4-2-3-5-15(14)18/h2-9,18H,10-11H2,1H3;2-10,18-19H,11H2,1H3/b;16-10-. The fourth-order valence-electron chi connectivity index (χ4n) is 3.73. The molecule has 0 bridgehead atoms. The van der Waals surface area contributed by atoms with Gasteiger partial charge in [-0.1, -0.05) is 24.3 Å². The van der Waals surface area contributed by atoms with E-state index >= 15 is 0 Å². The van der Waals surface area contributed by atoms with Crippen LogP contribution in [0.1, 0.15) is 43.1 Å². The zero-order chi connectivity index (χ0) is 31.9. The minimum Gasteiger partial charge on any atom is -0.507 e. The van der Waals surface area contributed by atoms with E-state index in [1.165, 1.54) is 38.5 Å². The van der Waals surface area contributed by atoms with Crippen LogP contribution in [0.3, 0.4) is 0 Å². The molecule has 228 valence electrons. The summed E-state index contributed by atoms with van der Waals surface area (Å²) in [5.41, 5.74) is 1.16. The molecular weight excluding hydrogens is 568 g/mol. The van der Waals surface area contributed by atoms with Crippen molar-refractivity contribution in [2.75, 3.05) is 27.8 Å². The number of aliphatic hydroxyl groups is 1. The zero-order valence-corrected chi connectivity index (χ0v) is 24.1. The summed E-state index contributed by atoms with van der Waals surface area (Å²) in [6.45, 7) is 0.256. The number of aromatic hydroxyl groups is 2. The van der Waals surface area contributed by atoms with E-state index in [0.717, 1.165) is 6.08 Å². The predicted molar refractivity (Wildman–Crippen MR) is 162 cm³/mol. The van der Waals surface area contributed by atoms with Gasteiger partial charge in [-0.2, -0.15) is 0 Å². The summed E-state index contributed by atoms with van der Waals surface area (Å²) >= 11 is 0. The molecule has 0 unspecified atom stereocenters. The number of Topliss-reactive ketones (excluding diaryl/α,β-unsaturated/α-hetero) is 2. The SMILES string of the molecule is COCOc1ccc(/C(O)=C/C(=O)c2ccccc2O)cc1.COCOc1ccc(C(=O)CC(=O)c2ccccc2O)cc1. The van der Waals surface area contributed by atoms with Crippen LogP contribution in [0.2, 0.25) is 0 Å². The molecule has 0 atom stereocenters. The van der Waals surface area contributed by atoms with Crippen molar-refractivity contribution in [2.24, 2.45) is 0 Å². The zero-order valence-electron chi connectivity index (χ0n) is 24.1. The van der Waals surface area contributed by atoms with Gasteiger partial charge in [-0.25, -0.2) is 0 Å². The van der Waals surface area contributed by atoms with E-state index in [0.29, 0.717) is 22.6 Å². The average molecular weight is 601 g/mol. The number of ketones is 3. The van der Waals surface area contributed by atoms with Crippen molar-refractivity contribution >= 4 is 23.1 Å². The van der Waals surface area contributed by atoms with Crippen LogP contribution in [0.5, 0.6) is 23.0 Å². The lowest BCUT2D eigenvalue weighted by Crippen LogP contribution is -2.09. The normalized spacial score (nSPS) is 10.7. The molecule has 10 heteroatoms. The van der Waals surface area contributed by atoms with Crippen molar-refractivity contribution in [3.8, 4) is 23.0 Å². The number of carbonyl (C=O) groups is 3. The Labute approximate surface area is 254 Å². The number of phenolic OH excluding ortho intramolecular Hbond substituents is 2. The summed E-state index contributed by atoms with van der Waals surface area (Å²) in [4.78, 5) is 36.2. The smallest absolute Gasteiger partial charge is 0.193 e. The van der Waals surface area contributed by atoms with E-state index < -0.39 is 11.6 Å². The van der Waals surface area contributed by atoms with Gasteiger partial charge < -0.3 is 34.3 Å². The van der Waals surface area contributed by atoms with Gasteiger partial charge in [0.15, 0.2) is 30.9 Å². The molecule has 0 saturated heterocycles. The number of carbonyl (C=O) groups excluding carboxylic acids is 3. The van der Waals surface area contributed by atoms with Gasteiger partial charge in [0.1, 0.15) is 28.8 Å². The fraction of sp³-hybridized carbons (Fsp3) is 0.147. The minimum absolute atomic E-state index is 0.122. The Kier molecular flexibility index (Phi) is 12.7. The van der Waals surface area contributed by atoms with Crippen LogP contribution in [-0.4, -0.2) is 60.5 Å². The van der Waals surface area contributed by atoms with Crippen molar-refractivity contribution in [2.45, 2.75) is 6.42 Å². The summed E-state index contributed by atoms with van der Waals surface area (Å²) in [5, 5.41) is 29.2. The quantitative estimate of drug-likeness (QED) is 0.0549. The Bertz CT molecular complexity index is 1570. The van der Waals surface area contributed by atoms with Gasteiger partial charge >= 0.3 is 0 Å². The van der Waals surface area contributed by atoms with Crippen LogP contribution in [0.25, 0.3) is 5.76 Å². The Morgan fingerprint density at radius 1 is 0.614 bits per heavy atom. The van der Waals surface area contributed by atoms with Gasteiger partial charge in [0.25, 0.3) is 0 Å². The van der Waals surface area contributed by atoms with Gasteiger partial charge in [-0.15, -0.1) is 0 Å². The van der Waals surface area contributed by atoms with Crippen LogP contribution < -0.4 is 9.47 Å². The number of benzene rings is 4. The van der Waals surface area contributed by atoms with Crippen molar-refractivity contribution in [3.63, 3.8) is 0 Å². The molecule has 3 N–H and O–H groups in total. The molecule has 4 rings (SSSR count). The summed E-state index contributed by atoms with van der Waals surface area (Å²) in [6.07, 6.45) is 0.774. The second-order valence-electron chi connectivity index (χ2n) is 9.10. The Morgan fingerprint density at radius 2 is 1.07 bits per heavy atom. The third-order valence-corrected chi connectivity index (χ3v) is 5.98. The topological polar surface area (TPSA) is 149 Å². The number of para-hydroxylation sites is 2. The van der Waals surface area contributed by atoms with Crippen LogP contribution >= 0.6 is 0 Å². The van der Waals surface area contributed by atoms with Crippen LogP contribution in [0.15, 0.2) is 103 Å². The molecule has 0 aliphatic carbocycles. The monoisotopic (exact) mass is 600 g/mol. The van der Waals surface area contributed by atoms with Crippen molar-refractivity contribution in [3.05, 3.63) is 125 Å².